The second kappa shape index (κ2) is 5.15. The Morgan fingerprint density at radius 2 is 1.67 bits per heavy atom. The molecule has 18 heavy (non-hydrogen) atoms. The van der Waals surface area contributed by atoms with Gasteiger partial charge in [0.25, 0.3) is 0 Å². The molecule has 2 rings (SSSR count). The van der Waals surface area contributed by atoms with Gasteiger partial charge in [-0.05, 0) is 61.7 Å². The molecule has 2 aliphatic rings. The van der Waals surface area contributed by atoms with Crippen LogP contribution in [0.2, 0.25) is 0 Å². The molecule has 0 bridgehead atoms. The summed E-state index contributed by atoms with van der Waals surface area (Å²) in [6, 6.07) is 0. The standard InChI is InChI=1S/C17H32O/c1-13-9-12-18-14(2)7-8-15-16(3,4)10-6-11-17(13,15)5/h13-15H,6-12H2,1-5H3/t13-,14?,15+,17-/m1/s1. The first-order valence-corrected chi connectivity index (χ1v) is 7.98. The van der Waals surface area contributed by atoms with E-state index in [1.165, 1.54) is 38.5 Å². The fraction of sp³-hybridized carbons (Fsp3) is 1.00. The summed E-state index contributed by atoms with van der Waals surface area (Å²) in [6.07, 6.45) is 8.56. The minimum Gasteiger partial charge on any atom is -0.378 e. The van der Waals surface area contributed by atoms with Crippen molar-refractivity contribution in [1.82, 2.24) is 0 Å². The monoisotopic (exact) mass is 252 g/mol. The topological polar surface area (TPSA) is 9.23 Å². The molecule has 1 aliphatic carbocycles. The maximum Gasteiger partial charge on any atom is 0.0547 e. The molecule has 0 aromatic carbocycles. The Morgan fingerprint density at radius 1 is 0.944 bits per heavy atom. The van der Waals surface area contributed by atoms with Crippen molar-refractivity contribution in [1.29, 1.82) is 0 Å². The first-order valence-electron chi connectivity index (χ1n) is 7.98. The summed E-state index contributed by atoms with van der Waals surface area (Å²) in [6.45, 7) is 13.3. The van der Waals surface area contributed by atoms with Crippen LogP contribution in [0.15, 0.2) is 0 Å². The van der Waals surface area contributed by atoms with Gasteiger partial charge in [-0.3, -0.25) is 0 Å². The van der Waals surface area contributed by atoms with Crippen LogP contribution in [-0.2, 0) is 4.74 Å². The first kappa shape index (κ1) is 14.4. The highest BCUT2D eigenvalue weighted by molar-refractivity contribution is 4.98. The molecular formula is C17H32O. The van der Waals surface area contributed by atoms with Crippen molar-refractivity contribution in [2.24, 2.45) is 22.7 Å². The molecule has 0 spiro atoms. The molecule has 0 amide bonds. The summed E-state index contributed by atoms with van der Waals surface area (Å²) in [5.74, 6) is 1.67. The van der Waals surface area contributed by atoms with Crippen LogP contribution < -0.4 is 0 Å². The maximum absolute atomic E-state index is 5.95. The smallest absolute Gasteiger partial charge is 0.0547 e. The van der Waals surface area contributed by atoms with E-state index in [2.05, 4.69) is 34.6 Å². The van der Waals surface area contributed by atoms with Gasteiger partial charge in [-0.2, -0.15) is 0 Å². The zero-order valence-electron chi connectivity index (χ0n) is 13.1. The van der Waals surface area contributed by atoms with Gasteiger partial charge in [0.2, 0.25) is 0 Å². The van der Waals surface area contributed by atoms with Crippen molar-refractivity contribution in [3.63, 3.8) is 0 Å². The number of hydrogen-bond donors (Lipinski definition) is 0. The molecule has 1 heteroatoms. The Hall–Kier alpha value is -0.0400. The minimum absolute atomic E-state index is 0.456. The third-order valence-electron chi connectivity index (χ3n) is 6.22. The average Bonchev–Trinajstić information content (AvgIpc) is 2.31. The van der Waals surface area contributed by atoms with Gasteiger partial charge in [-0.15, -0.1) is 0 Å². The van der Waals surface area contributed by atoms with Crippen LogP contribution in [0.3, 0.4) is 0 Å². The van der Waals surface area contributed by atoms with Crippen LogP contribution in [0, 0.1) is 22.7 Å². The predicted octanol–water partition coefficient (Wildman–Crippen LogP) is 5.04. The fourth-order valence-corrected chi connectivity index (χ4v) is 4.74. The molecule has 4 atom stereocenters. The van der Waals surface area contributed by atoms with Crippen molar-refractivity contribution in [3.8, 4) is 0 Å². The fourth-order valence-electron chi connectivity index (χ4n) is 4.74. The van der Waals surface area contributed by atoms with E-state index in [1.54, 1.807) is 0 Å². The molecule has 106 valence electrons. The SMILES string of the molecule is CC1CC[C@H]2C(C)(C)CCC[C@]2(C)[C@H](C)CCO1. The van der Waals surface area contributed by atoms with Crippen LogP contribution in [0.1, 0.15) is 73.1 Å². The minimum atomic E-state index is 0.456. The van der Waals surface area contributed by atoms with Crippen LogP contribution in [0.5, 0.6) is 0 Å². The first-order chi connectivity index (χ1) is 8.36. The Labute approximate surface area is 114 Å². The lowest BCUT2D eigenvalue weighted by atomic mass is 9.51. The van der Waals surface area contributed by atoms with Crippen LogP contribution >= 0.6 is 0 Å². The molecule has 2 fully saturated rings. The van der Waals surface area contributed by atoms with Crippen molar-refractivity contribution < 1.29 is 4.74 Å². The van der Waals surface area contributed by atoms with E-state index >= 15 is 0 Å². The van der Waals surface area contributed by atoms with E-state index < -0.39 is 0 Å². The summed E-state index contributed by atoms with van der Waals surface area (Å²) in [7, 11) is 0. The molecule has 0 radical (unpaired) electrons. The van der Waals surface area contributed by atoms with Gasteiger partial charge in [0.1, 0.15) is 0 Å². The van der Waals surface area contributed by atoms with Gasteiger partial charge >= 0.3 is 0 Å². The zero-order chi connectivity index (χ0) is 13.4. The van der Waals surface area contributed by atoms with Crippen molar-refractivity contribution in [2.45, 2.75) is 79.2 Å². The molecule has 1 aliphatic heterocycles. The highest BCUT2D eigenvalue weighted by atomic mass is 16.5. The van der Waals surface area contributed by atoms with Gasteiger partial charge in [-0.25, -0.2) is 0 Å². The summed E-state index contributed by atoms with van der Waals surface area (Å²) in [5, 5.41) is 0. The lowest BCUT2D eigenvalue weighted by Gasteiger charge is -2.54. The van der Waals surface area contributed by atoms with Crippen LogP contribution in [-0.4, -0.2) is 12.7 Å². The van der Waals surface area contributed by atoms with E-state index in [0.29, 0.717) is 16.9 Å². The predicted molar refractivity (Wildman–Crippen MR) is 77.7 cm³/mol. The Bertz CT molecular complexity index is 283. The van der Waals surface area contributed by atoms with E-state index in [9.17, 15) is 0 Å². The largest absolute Gasteiger partial charge is 0.378 e. The average molecular weight is 252 g/mol. The molecule has 1 unspecified atom stereocenters. The van der Waals surface area contributed by atoms with Gasteiger partial charge < -0.3 is 4.74 Å². The Morgan fingerprint density at radius 3 is 2.39 bits per heavy atom. The van der Waals surface area contributed by atoms with Crippen molar-refractivity contribution in [3.05, 3.63) is 0 Å². The van der Waals surface area contributed by atoms with E-state index in [-0.39, 0.29) is 0 Å². The summed E-state index contributed by atoms with van der Waals surface area (Å²) in [5.41, 5.74) is 1.06. The second-order valence-electron chi connectivity index (χ2n) is 7.85. The van der Waals surface area contributed by atoms with Gasteiger partial charge in [-0.1, -0.05) is 34.1 Å². The van der Waals surface area contributed by atoms with Crippen LogP contribution in [0.4, 0.5) is 0 Å². The van der Waals surface area contributed by atoms with Crippen molar-refractivity contribution in [2.75, 3.05) is 6.61 Å². The molecule has 0 aromatic heterocycles. The molecule has 0 N–H and O–H groups in total. The number of rotatable bonds is 0. The molecule has 1 heterocycles. The molecule has 0 aromatic rings. The van der Waals surface area contributed by atoms with Gasteiger partial charge in [0.15, 0.2) is 0 Å². The lowest BCUT2D eigenvalue weighted by molar-refractivity contribution is -0.0424. The van der Waals surface area contributed by atoms with Gasteiger partial charge in [0, 0.05) is 6.61 Å². The Balaban J connectivity index is 2.26. The molecule has 1 saturated carbocycles. The second-order valence-corrected chi connectivity index (χ2v) is 7.85. The molecule has 1 saturated heterocycles. The number of ether oxygens (including phenoxy) is 1. The number of fused-ring (bicyclic) bond motifs is 1. The third-order valence-corrected chi connectivity index (χ3v) is 6.22. The summed E-state index contributed by atoms with van der Waals surface area (Å²) >= 11 is 0. The Kier molecular flexibility index (Phi) is 4.11. The highest BCUT2D eigenvalue weighted by Crippen LogP contribution is 2.57. The third kappa shape index (κ3) is 2.61. The van der Waals surface area contributed by atoms with Crippen molar-refractivity contribution >= 4 is 0 Å². The molecular weight excluding hydrogens is 220 g/mol. The quantitative estimate of drug-likeness (QED) is 0.586. The highest BCUT2D eigenvalue weighted by Gasteiger charge is 2.48. The van der Waals surface area contributed by atoms with Gasteiger partial charge in [0.05, 0.1) is 6.10 Å². The molecule has 1 nitrogen and oxygen atoms in total. The van der Waals surface area contributed by atoms with E-state index in [0.717, 1.165) is 18.4 Å². The summed E-state index contributed by atoms with van der Waals surface area (Å²) in [4.78, 5) is 0. The lowest BCUT2D eigenvalue weighted by Crippen LogP contribution is -2.45. The summed E-state index contributed by atoms with van der Waals surface area (Å²) < 4.78 is 5.95. The van der Waals surface area contributed by atoms with Crippen LogP contribution in [0.25, 0.3) is 0 Å². The zero-order valence-corrected chi connectivity index (χ0v) is 13.1. The maximum atomic E-state index is 5.95. The normalized spacial score (nSPS) is 45.5. The van der Waals surface area contributed by atoms with E-state index in [4.69, 9.17) is 4.74 Å². The number of hydrogen-bond acceptors (Lipinski definition) is 1. The van der Waals surface area contributed by atoms with E-state index in [1.807, 2.05) is 0 Å².